The van der Waals surface area contributed by atoms with Crippen molar-refractivity contribution in [2.24, 2.45) is 0 Å². The topological polar surface area (TPSA) is 60.4 Å². The molecule has 4 nitrogen and oxygen atoms in total. The summed E-state index contributed by atoms with van der Waals surface area (Å²) in [5.74, 6) is 37.9. The zero-order valence-electron chi connectivity index (χ0n) is 20.1. The number of fused-ring (bicyclic) bond motifs is 1. The monoisotopic (exact) mass is 496 g/mol. The van der Waals surface area contributed by atoms with Crippen LogP contribution in [0.2, 0.25) is 0 Å². The van der Waals surface area contributed by atoms with E-state index in [1.165, 1.54) is 0 Å². The van der Waals surface area contributed by atoms with E-state index in [4.69, 9.17) is 21.1 Å². The minimum Gasteiger partial charge on any atom is -0.452 e. The highest BCUT2D eigenvalue weighted by Crippen LogP contribution is 2.30. The minimum atomic E-state index is -0.0617. The molecule has 1 aliphatic heterocycles. The molecule has 184 valence electrons. The number of allylic oxidation sites excluding steroid dienone is 3. The summed E-state index contributed by atoms with van der Waals surface area (Å²) in [6, 6.07) is 17.2. The quantitative estimate of drug-likeness (QED) is 0.403. The molecule has 0 N–H and O–H groups in total. The highest BCUT2D eigenvalue weighted by molar-refractivity contribution is 6.12. The molecule has 0 amide bonds. The van der Waals surface area contributed by atoms with Crippen molar-refractivity contribution in [3.8, 4) is 101 Å². The molecular formula is C34H24O4. The van der Waals surface area contributed by atoms with E-state index in [1.807, 2.05) is 54.6 Å². The Bertz CT molecular complexity index is 1700. The van der Waals surface area contributed by atoms with Gasteiger partial charge in [0, 0.05) is 15.6 Å². The molecule has 0 aromatic heterocycles. The van der Waals surface area contributed by atoms with Gasteiger partial charge in [-0.05, 0) is 114 Å². The summed E-state index contributed by atoms with van der Waals surface area (Å²) in [5, 5.41) is 0. The predicted octanol–water partition coefficient (Wildman–Crippen LogP) is 5.57. The van der Waals surface area contributed by atoms with E-state index in [2.05, 4.69) is 88.8 Å². The third-order valence-corrected chi connectivity index (χ3v) is 3.86. The summed E-state index contributed by atoms with van der Waals surface area (Å²) in [5.41, 5.74) is 1.71. The summed E-state index contributed by atoms with van der Waals surface area (Å²) >= 11 is 0. The first-order valence-corrected chi connectivity index (χ1v) is 10.5. The van der Waals surface area contributed by atoms with Crippen molar-refractivity contribution < 1.29 is 15.2 Å². The maximum absolute atomic E-state index is 12.0. The second-order valence-corrected chi connectivity index (χ2v) is 6.25. The Morgan fingerprint density at radius 1 is 0.711 bits per heavy atom. The maximum atomic E-state index is 12.0. The van der Waals surface area contributed by atoms with E-state index in [1.54, 1.807) is 25.1 Å². The summed E-state index contributed by atoms with van der Waals surface area (Å²) in [6.45, 7) is 1.70. The number of ether oxygens (including phenoxy) is 1. The maximum Gasteiger partial charge on any atom is 0.231 e. The van der Waals surface area contributed by atoms with Crippen LogP contribution in [0.4, 0.5) is 0 Å². The van der Waals surface area contributed by atoms with Crippen LogP contribution >= 0.6 is 0 Å². The molecule has 38 heavy (non-hydrogen) atoms. The lowest BCUT2D eigenvalue weighted by Crippen LogP contribution is -1.97. The zero-order chi connectivity index (χ0) is 27.7. The molecule has 4 heteroatoms. The van der Waals surface area contributed by atoms with Gasteiger partial charge in [-0.3, -0.25) is 4.79 Å². The molecule has 0 saturated heterocycles. The van der Waals surface area contributed by atoms with Gasteiger partial charge in [0.05, 0.1) is 5.56 Å². The Hall–Kier alpha value is -6.53. The molecule has 0 spiro atoms. The molecule has 2 aromatic carbocycles. The van der Waals surface area contributed by atoms with Gasteiger partial charge in [0.2, 0.25) is 5.78 Å². The fourth-order valence-corrected chi connectivity index (χ4v) is 2.40. The zero-order valence-corrected chi connectivity index (χ0v) is 20.1. The van der Waals surface area contributed by atoms with Crippen LogP contribution in [0.5, 0.6) is 5.75 Å². The number of hydrogen-bond donors (Lipinski definition) is 0. The molecular weight excluding hydrogens is 472 g/mol. The first-order valence-electron chi connectivity index (χ1n) is 10.5. The Morgan fingerprint density at radius 3 is 1.74 bits per heavy atom. The smallest absolute Gasteiger partial charge is 0.231 e. The summed E-state index contributed by atoms with van der Waals surface area (Å²) in [4.78, 5) is 26.0. The molecule has 3 rings (SSSR count). The van der Waals surface area contributed by atoms with E-state index in [0.717, 1.165) is 5.56 Å². The van der Waals surface area contributed by atoms with Crippen molar-refractivity contribution in [2.75, 3.05) is 0 Å². The predicted molar refractivity (Wildman–Crippen MR) is 159 cm³/mol. The van der Waals surface area contributed by atoms with E-state index in [9.17, 15) is 4.79 Å². The molecule has 1 aliphatic rings. The van der Waals surface area contributed by atoms with Crippen LogP contribution in [-0.2, 0) is 0 Å². The molecule has 0 bridgehead atoms. The molecule has 0 aliphatic carbocycles. The lowest BCUT2D eigenvalue weighted by atomic mass is 10.1. The number of benzene rings is 2. The van der Waals surface area contributed by atoms with E-state index >= 15 is 0 Å². The highest BCUT2D eigenvalue weighted by atomic mass is 16.7. The Kier molecular flexibility index (Phi) is 15.4. The van der Waals surface area contributed by atoms with Gasteiger partial charge in [-0.15, -0.1) is 6.42 Å². The molecule has 0 radical (unpaired) electrons. The van der Waals surface area contributed by atoms with Crippen LogP contribution < -0.4 is 4.74 Å². The second kappa shape index (κ2) is 19.9. The van der Waals surface area contributed by atoms with Crippen LogP contribution in [0.25, 0.3) is 6.08 Å². The lowest BCUT2D eigenvalue weighted by molar-refractivity contribution is 0.101. The van der Waals surface area contributed by atoms with Crippen molar-refractivity contribution in [1.82, 2.24) is 0 Å². The number of carbonyl (C=O) groups excluding carboxylic acids is 1. The first kappa shape index (κ1) is 29.5. The van der Waals surface area contributed by atoms with Gasteiger partial charge in [0.15, 0.2) is 5.76 Å². The molecule has 2 aromatic rings. The third kappa shape index (κ3) is 12.1. The van der Waals surface area contributed by atoms with Crippen LogP contribution in [-0.4, -0.2) is 5.78 Å². The Balaban J connectivity index is -0.000000300. The van der Waals surface area contributed by atoms with Crippen LogP contribution in [0.15, 0.2) is 72.5 Å². The van der Waals surface area contributed by atoms with Crippen LogP contribution in [0.1, 0.15) is 28.6 Å². The lowest BCUT2D eigenvalue weighted by Gasteiger charge is -1.95. The fraction of sp³-hybridized carbons (Fsp3) is 0.0294. The average Bonchev–Trinajstić information content (AvgIpc) is 3.28. The number of terminal acetylenes is 1. The van der Waals surface area contributed by atoms with Crippen molar-refractivity contribution in [2.45, 2.75) is 6.92 Å². The standard InChI is InChI=1S/C17H12O2.C17H4.O2.4H2/c18-17-14-10-4-5-11-15(14)19-16(17)12-6-9-13-7-2-1-3-8-13;1-3-5-7-9-11-13-15-17-16-14-12-10-8-6-4-2;1-2;;;;/h1-12H;1H,2H3;;4*1H/b9-6+,16-12-;;;;;;. The number of rotatable bonds is 2. The summed E-state index contributed by atoms with van der Waals surface area (Å²) < 4.78 is 5.52. The van der Waals surface area contributed by atoms with Crippen molar-refractivity contribution in [3.05, 3.63) is 93.6 Å². The van der Waals surface area contributed by atoms with Crippen molar-refractivity contribution in [3.63, 3.8) is 0 Å². The number of hydrogen-bond acceptors (Lipinski definition) is 4. The third-order valence-electron chi connectivity index (χ3n) is 3.86. The van der Waals surface area contributed by atoms with Gasteiger partial charge < -0.3 is 4.74 Å². The van der Waals surface area contributed by atoms with Gasteiger partial charge in [-0.1, -0.05) is 60.5 Å². The minimum absolute atomic E-state index is 0. The van der Waals surface area contributed by atoms with Gasteiger partial charge in [0.25, 0.3) is 0 Å². The summed E-state index contributed by atoms with van der Waals surface area (Å²) in [6.07, 6.45) is 10.4. The molecule has 1 heterocycles. The van der Waals surface area contributed by atoms with E-state index < -0.39 is 0 Å². The molecule has 0 saturated carbocycles. The molecule has 0 fully saturated rings. The van der Waals surface area contributed by atoms with E-state index in [-0.39, 0.29) is 11.5 Å². The average molecular weight is 497 g/mol. The number of carbonyl (C=O) groups is 1. The normalized spacial score (nSPS) is 9.68. The second-order valence-electron chi connectivity index (χ2n) is 6.25. The molecule has 0 atom stereocenters. The highest BCUT2D eigenvalue weighted by Gasteiger charge is 2.25. The van der Waals surface area contributed by atoms with Gasteiger partial charge in [0.1, 0.15) is 5.75 Å². The Labute approximate surface area is 228 Å². The van der Waals surface area contributed by atoms with Gasteiger partial charge in [-0.25, -0.2) is 0 Å². The van der Waals surface area contributed by atoms with Gasteiger partial charge >= 0.3 is 0 Å². The van der Waals surface area contributed by atoms with Gasteiger partial charge in [-0.2, -0.15) is 0 Å². The van der Waals surface area contributed by atoms with Crippen molar-refractivity contribution >= 4 is 11.9 Å². The Morgan fingerprint density at radius 2 is 1.21 bits per heavy atom. The summed E-state index contributed by atoms with van der Waals surface area (Å²) in [7, 11) is 0. The van der Waals surface area contributed by atoms with Crippen LogP contribution in [0, 0.1) is 105 Å². The van der Waals surface area contributed by atoms with Crippen molar-refractivity contribution in [1.29, 1.82) is 0 Å². The number of ketones is 1. The first-order chi connectivity index (χ1) is 18.8. The van der Waals surface area contributed by atoms with E-state index in [0.29, 0.717) is 17.1 Å². The molecule has 0 unspecified atom stereocenters. The number of para-hydroxylation sites is 1. The fourth-order valence-electron chi connectivity index (χ4n) is 2.40. The number of Topliss-reactive ketones (excluding diaryl/α,β-unsaturated/α-hetero) is 1. The van der Waals surface area contributed by atoms with Crippen LogP contribution in [0.3, 0.4) is 0 Å². The SMILES string of the molecule is C#CC#CC#CC#CC#CC#CC#CC#CC.O=C1/C(=C/C=C/c2ccccc2)Oc2ccccc21.O=O.[HH].[HH].[HH].[HH]. The largest absolute Gasteiger partial charge is 0.452 e.